The van der Waals surface area contributed by atoms with Crippen LogP contribution < -0.4 is 14.4 Å². The van der Waals surface area contributed by atoms with Crippen LogP contribution in [0.25, 0.3) is 10.2 Å². The first kappa shape index (κ1) is 26.4. The lowest BCUT2D eigenvalue weighted by molar-refractivity contribution is 0.0917. The average Bonchev–Trinajstić information content (AvgIpc) is 3.60. The predicted molar refractivity (Wildman–Crippen MR) is 150 cm³/mol. The number of hydrogen-bond acceptors (Lipinski definition) is 7. The highest BCUT2D eigenvalue weighted by Crippen LogP contribution is 2.35. The van der Waals surface area contributed by atoms with E-state index < -0.39 is 10.0 Å². The summed E-state index contributed by atoms with van der Waals surface area (Å²) < 4.78 is 40.0. The molecule has 1 aliphatic heterocycles. The van der Waals surface area contributed by atoms with Crippen LogP contribution in [0.3, 0.4) is 0 Å². The molecule has 1 amide bonds. The molecule has 198 valence electrons. The Balaban J connectivity index is 1.40. The molecule has 0 radical (unpaired) electrons. The van der Waals surface area contributed by atoms with Gasteiger partial charge in [0.2, 0.25) is 0 Å². The van der Waals surface area contributed by atoms with Crippen LogP contribution in [0.15, 0.2) is 65.6 Å². The molecule has 11 heteroatoms. The van der Waals surface area contributed by atoms with Crippen molar-refractivity contribution in [3.05, 3.63) is 76.8 Å². The fourth-order valence-electron chi connectivity index (χ4n) is 4.25. The molecule has 5 rings (SSSR count). The van der Waals surface area contributed by atoms with Crippen molar-refractivity contribution in [3.63, 3.8) is 0 Å². The molecule has 1 N–H and O–H groups in total. The minimum atomic E-state index is -3.81. The number of halogens is 1. The van der Waals surface area contributed by atoms with Gasteiger partial charge in [0, 0.05) is 22.9 Å². The van der Waals surface area contributed by atoms with Crippen molar-refractivity contribution >= 4 is 59.9 Å². The van der Waals surface area contributed by atoms with Gasteiger partial charge in [0.15, 0.2) is 5.13 Å². The fraction of sp³-hybridized carbons (Fsp3) is 0.259. The predicted octanol–water partition coefficient (Wildman–Crippen LogP) is 5.89. The zero-order chi connectivity index (χ0) is 26.9. The van der Waals surface area contributed by atoms with E-state index in [1.54, 1.807) is 41.3 Å². The maximum atomic E-state index is 13.7. The zero-order valence-electron chi connectivity index (χ0n) is 20.8. The van der Waals surface area contributed by atoms with Crippen LogP contribution in [0.1, 0.15) is 28.8 Å². The smallest absolute Gasteiger partial charge is 0.261 e. The van der Waals surface area contributed by atoms with Crippen LogP contribution in [-0.4, -0.2) is 45.7 Å². The van der Waals surface area contributed by atoms with Crippen molar-refractivity contribution in [1.29, 1.82) is 0 Å². The number of aryl methyl sites for hydroxylation is 1. The van der Waals surface area contributed by atoms with Crippen LogP contribution in [0, 0.1) is 6.92 Å². The Bertz CT molecular complexity index is 1570. The summed E-state index contributed by atoms with van der Waals surface area (Å²) in [5.41, 5.74) is 2.38. The summed E-state index contributed by atoms with van der Waals surface area (Å²) >= 11 is 7.72. The van der Waals surface area contributed by atoms with Gasteiger partial charge in [-0.05, 0) is 86.0 Å². The highest BCUT2D eigenvalue weighted by atomic mass is 35.5. The highest BCUT2D eigenvalue weighted by molar-refractivity contribution is 7.92. The molecule has 0 aliphatic carbocycles. The quantitative estimate of drug-likeness (QED) is 0.283. The molecule has 0 bridgehead atoms. The van der Waals surface area contributed by atoms with Gasteiger partial charge in [-0.3, -0.25) is 14.4 Å². The van der Waals surface area contributed by atoms with Crippen molar-refractivity contribution in [1.82, 2.24) is 4.98 Å². The van der Waals surface area contributed by atoms with Gasteiger partial charge >= 0.3 is 0 Å². The van der Waals surface area contributed by atoms with E-state index in [1.807, 2.05) is 19.1 Å². The number of carbonyl (C=O) groups is 1. The van der Waals surface area contributed by atoms with E-state index in [-0.39, 0.29) is 16.9 Å². The lowest BCUT2D eigenvalue weighted by Crippen LogP contribution is -2.37. The zero-order valence-corrected chi connectivity index (χ0v) is 23.2. The number of benzene rings is 3. The monoisotopic (exact) mass is 571 g/mol. The summed E-state index contributed by atoms with van der Waals surface area (Å²) in [5.74, 6) is 0.318. The third kappa shape index (κ3) is 5.49. The second-order valence-electron chi connectivity index (χ2n) is 8.92. The van der Waals surface area contributed by atoms with E-state index in [0.717, 1.165) is 28.6 Å². The third-order valence-electron chi connectivity index (χ3n) is 6.38. The fourth-order valence-corrected chi connectivity index (χ4v) is 6.49. The number of methoxy groups -OCH3 is 1. The van der Waals surface area contributed by atoms with Gasteiger partial charge in [0.25, 0.3) is 15.9 Å². The lowest BCUT2D eigenvalue weighted by Gasteiger charge is -2.23. The number of ether oxygens (including phenoxy) is 2. The molecule has 0 spiro atoms. The van der Waals surface area contributed by atoms with Crippen LogP contribution in [-0.2, 0) is 14.8 Å². The number of fused-ring (bicyclic) bond motifs is 1. The first-order valence-corrected chi connectivity index (χ1v) is 14.7. The standard InChI is InChI=1S/C27H26ClN3O5S2/c1-17-23(28)13-14-24-25(17)29-27(37-24)31(16-21-4-3-15-36-21)26(32)18-5-7-19(8-6-18)30-38(33,34)22-11-9-20(35-2)10-12-22/h5-14,21,30H,3-4,15-16H2,1-2H3. The van der Waals surface area contributed by atoms with Gasteiger partial charge in [-0.15, -0.1) is 0 Å². The summed E-state index contributed by atoms with van der Waals surface area (Å²) in [6, 6.07) is 16.2. The molecule has 3 aromatic carbocycles. The summed E-state index contributed by atoms with van der Waals surface area (Å²) in [6.07, 6.45) is 1.74. The molecule has 1 aliphatic rings. The summed E-state index contributed by atoms with van der Waals surface area (Å²) in [7, 11) is -2.29. The van der Waals surface area contributed by atoms with Crippen molar-refractivity contribution < 1.29 is 22.7 Å². The third-order valence-corrected chi connectivity index (χ3v) is 9.23. The van der Waals surface area contributed by atoms with Crippen molar-refractivity contribution in [3.8, 4) is 5.75 Å². The van der Waals surface area contributed by atoms with Crippen molar-refractivity contribution in [2.24, 2.45) is 0 Å². The second kappa shape index (κ2) is 10.9. The molecule has 8 nitrogen and oxygen atoms in total. The minimum absolute atomic E-state index is 0.0776. The minimum Gasteiger partial charge on any atom is -0.497 e. The SMILES string of the molecule is COc1ccc(S(=O)(=O)Nc2ccc(C(=O)N(CC3CCCO3)c3nc4c(C)c(Cl)ccc4s3)cc2)cc1. The average molecular weight is 572 g/mol. The molecule has 1 fully saturated rings. The van der Waals surface area contributed by atoms with Crippen molar-refractivity contribution in [2.75, 3.05) is 29.9 Å². The lowest BCUT2D eigenvalue weighted by atomic mass is 10.1. The maximum Gasteiger partial charge on any atom is 0.261 e. The molecule has 38 heavy (non-hydrogen) atoms. The normalized spacial score (nSPS) is 15.5. The van der Waals surface area contributed by atoms with E-state index in [2.05, 4.69) is 4.72 Å². The van der Waals surface area contributed by atoms with Crippen LogP contribution in [0.2, 0.25) is 5.02 Å². The van der Waals surface area contributed by atoms with E-state index in [1.165, 1.54) is 30.6 Å². The van der Waals surface area contributed by atoms with Gasteiger partial charge in [-0.25, -0.2) is 13.4 Å². The number of thiazole rings is 1. The summed E-state index contributed by atoms with van der Waals surface area (Å²) in [6.45, 7) is 2.95. The number of carbonyl (C=O) groups excluding carboxylic acids is 1. The van der Waals surface area contributed by atoms with E-state index in [4.69, 9.17) is 26.1 Å². The molecular weight excluding hydrogens is 546 g/mol. The number of rotatable bonds is 8. The number of anilines is 2. The van der Waals surface area contributed by atoms with Gasteiger partial charge in [0.1, 0.15) is 5.75 Å². The number of aromatic nitrogens is 1. The molecule has 4 aromatic rings. The van der Waals surface area contributed by atoms with E-state index in [0.29, 0.717) is 40.3 Å². The number of nitrogens with one attached hydrogen (secondary N) is 1. The van der Waals surface area contributed by atoms with Crippen LogP contribution >= 0.6 is 22.9 Å². The van der Waals surface area contributed by atoms with Gasteiger partial charge in [-0.2, -0.15) is 0 Å². The Morgan fingerprint density at radius 1 is 1.16 bits per heavy atom. The molecule has 0 saturated carbocycles. The van der Waals surface area contributed by atoms with Crippen molar-refractivity contribution in [2.45, 2.75) is 30.8 Å². The van der Waals surface area contributed by atoms with E-state index in [9.17, 15) is 13.2 Å². The molecule has 1 saturated heterocycles. The number of sulfonamides is 1. The largest absolute Gasteiger partial charge is 0.497 e. The number of amides is 1. The van der Waals surface area contributed by atoms with Gasteiger partial charge in [0.05, 0.1) is 34.9 Å². The summed E-state index contributed by atoms with van der Waals surface area (Å²) in [5, 5.41) is 1.19. The van der Waals surface area contributed by atoms with Crippen LogP contribution in [0.5, 0.6) is 5.75 Å². The highest BCUT2D eigenvalue weighted by Gasteiger charge is 2.27. The van der Waals surface area contributed by atoms with E-state index >= 15 is 0 Å². The Labute approximate surface area is 230 Å². The number of nitrogens with zero attached hydrogens (tertiary/aromatic N) is 2. The maximum absolute atomic E-state index is 13.7. The number of hydrogen-bond donors (Lipinski definition) is 1. The molecule has 1 unspecified atom stereocenters. The first-order valence-electron chi connectivity index (χ1n) is 12.0. The molecule has 2 heterocycles. The summed E-state index contributed by atoms with van der Waals surface area (Å²) in [4.78, 5) is 20.2. The Morgan fingerprint density at radius 2 is 1.89 bits per heavy atom. The topological polar surface area (TPSA) is 97.8 Å². The Hall–Kier alpha value is -3.18. The molecule has 1 atom stereocenters. The van der Waals surface area contributed by atoms with Gasteiger partial charge < -0.3 is 9.47 Å². The Morgan fingerprint density at radius 3 is 2.55 bits per heavy atom. The van der Waals surface area contributed by atoms with Crippen LogP contribution in [0.4, 0.5) is 10.8 Å². The Kier molecular flexibility index (Phi) is 7.58. The molecule has 1 aromatic heterocycles. The second-order valence-corrected chi connectivity index (χ2v) is 12.0. The van der Waals surface area contributed by atoms with Gasteiger partial charge in [-0.1, -0.05) is 22.9 Å². The first-order chi connectivity index (χ1) is 18.2. The molecular formula is C27H26ClN3O5S2.